The first-order valence-electron chi connectivity index (χ1n) is 4.42. The smallest absolute Gasteiger partial charge is 0.304 e. The van der Waals surface area contributed by atoms with Gasteiger partial charge in [0.1, 0.15) is 4.21 Å². The van der Waals surface area contributed by atoms with Gasteiger partial charge in [-0.05, 0) is 6.42 Å². The number of hydrogen-bond donors (Lipinski definition) is 2. The van der Waals surface area contributed by atoms with Gasteiger partial charge in [0.15, 0.2) is 5.00 Å². The van der Waals surface area contributed by atoms with Crippen LogP contribution in [0.5, 0.6) is 0 Å². The van der Waals surface area contributed by atoms with Crippen LogP contribution in [0.3, 0.4) is 0 Å². The van der Waals surface area contributed by atoms with Crippen molar-refractivity contribution in [1.29, 1.82) is 0 Å². The second-order valence-electron chi connectivity index (χ2n) is 2.97. The van der Waals surface area contributed by atoms with Gasteiger partial charge in [-0.2, -0.15) is 0 Å². The van der Waals surface area contributed by atoms with E-state index in [-0.39, 0.29) is 21.4 Å². The van der Waals surface area contributed by atoms with E-state index in [2.05, 4.69) is 4.72 Å². The minimum Gasteiger partial charge on any atom is -0.385 e. The molecule has 1 heterocycles. The maximum absolute atomic E-state index is 11.6. The average Bonchev–Trinajstić information content (AvgIpc) is 2.58. The third kappa shape index (κ3) is 2.68. The standard InChI is InChI=1S/C7H11N3O4S2/c1-2-3-9-16(13,14)6-4-5(10(11)12)7(8)15-6/h4,9H,2-3,8H2,1H3. The van der Waals surface area contributed by atoms with Gasteiger partial charge in [-0.15, -0.1) is 0 Å². The Kier molecular flexibility index (Phi) is 3.83. The van der Waals surface area contributed by atoms with Crippen molar-refractivity contribution in [1.82, 2.24) is 4.72 Å². The number of hydrogen-bond acceptors (Lipinski definition) is 6. The van der Waals surface area contributed by atoms with E-state index in [0.717, 1.165) is 6.07 Å². The molecule has 0 saturated carbocycles. The van der Waals surface area contributed by atoms with E-state index in [4.69, 9.17) is 5.73 Å². The highest BCUT2D eigenvalue weighted by Crippen LogP contribution is 2.34. The third-order valence-electron chi connectivity index (χ3n) is 1.72. The van der Waals surface area contributed by atoms with Crippen LogP contribution in [0.4, 0.5) is 10.7 Å². The van der Waals surface area contributed by atoms with Gasteiger partial charge < -0.3 is 5.73 Å². The monoisotopic (exact) mass is 265 g/mol. The highest BCUT2D eigenvalue weighted by Gasteiger charge is 2.24. The van der Waals surface area contributed by atoms with Crippen LogP contribution in [-0.2, 0) is 10.0 Å². The summed E-state index contributed by atoms with van der Waals surface area (Å²) < 4.78 is 25.4. The highest BCUT2D eigenvalue weighted by atomic mass is 32.2. The van der Waals surface area contributed by atoms with Gasteiger partial charge in [-0.3, -0.25) is 10.1 Å². The van der Waals surface area contributed by atoms with Crippen LogP contribution in [0.1, 0.15) is 13.3 Å². The summed E-state index contributed by atoms with van der Waals surface area (Å²) in [7, 11) is -3.67. The second-order valence-corrected chi connectivity index (χ2v) is 6.05. The summed E-state index contributed by atoms with van der Waals surface area (Å²) in [5.74, 6) is 0. The fourth-order valence-electron chi connectivity index (χ4n) is 0.956. The second kappa shape index (κ2) is 4.76. The van der Waals surface area contributed by atoms with Crippen molar-refractivity contribution in [2.24, 2.45) is 0 Å². The van der Waals surface area contributed by atoms with Gasteiger partial charge in [0.2, 0.25) is 10.0 Å². The molecule has 0 aromatic carbocycles. The van der Waals surface area contributed by atoms with Crippen molar-refractivity contribution >= 4 is 32.0 Å². The van der Waals surface area contributed by atoms with Gasteiger partial charge in [0, 0.05) is 12.6 Å². The molecule has 1 aromatic rings. The van der Waals surface area contributed by atoms with Crippen molar-refractivity contribution in [2.45, 2.75) is 17.6 Å². The van der Waals surface area contributed by atoms with Crippen LogP contribution < -0.4 is 10.5 Å². The molecule has 0 radical (unpaired) electrons. The number of nitrogen functional groups attached to an aromatic ring is 1. The number of nitrogens with one attached hydrogen (secondary N) is 1. The van der Waals surface area contributed by atoms with E-state index in [1.165, 1.54) is 0 Å². The minimum atomic E-state index is -3.67. The van der Waals surface area contributed by atoms with Crippen molar-refractivity contribution in [3.63, 3.8) is 0 Å². The first kappa shape index (κ1) is 12.9. The summed E-state index contributed by atoms with van der Waals surface area (Å²) in [6, 6.07) is 0.970. The molecule has 0 aliphatic heterocycles. The normalized spacial score (nSPS) is 11.6. The van der Waals surface area contributed by atoms with Crippen LogP contribution >= 0.6 is 11.3 Å². The molecule has 0 bridgehead atoms. The third-order valence-corrected chi connectivity index (χ3v) is 4.61. The van der Waals surface area contributed by atoms with Crippen molar-refractivity contribution in [3.8, 4) is 0 Å². The van der Waals surface area contributed by atoms with Crippen LogP contribution in [-0.4, -0.2) is 19.9 Å². The Hall–Kier alpha value is -1.19. The van der Waals surface area contributed by atoms with Crippen LogP contribution in [0.25, 0.3) is 0 Å². The van der Waals surface area contributed by atoms with Crippen molar-refractivity contribution in [2.75, 3.05) is 12.3 Å². The summed E-state index contributed by atoms with van der Waals surface area (Å²) in [4.78, 5) is 9.79. The molecule has 7 nitrogen and oxygen atoms in total. The number of anilines is 1. The summed E-state index contributed by atoms with van der Waals surface area (Å²) in [5, 5.41) is 10.4. The maximum atomic E-state index is 11.6. The Morgan fingerprint density at radius 3 is 2.69 bits per heavy atom. The number of nitrogens with zero attached hydrogens (tertiary/aromatic N) is 1. The lowest BCUT2D eigenvalue weighted by molar-refractivity contribution is -0.383. The van der Waals surface area contributed by atoms with Crippen LogP contribution in [0, 0.1) is 10.1 Å². The molecule has 0 aliphatic rings. The first-order valence-corrected chi connectivity index (χ1v) is 6.71. The predicted octanol–water partition coefficient (Wildman–Crippen LogP) is 0.927. The first-order chi connectivity index (χ1) is 7.38. The highest BCUT2D eigenvalue weighted by molar-refractivity contribution is 7.91. The molecular formula is C7H11N3O4S2. The van der Waals surface area contributed by atoms with Crippen LogP contribution in [0.2, 0.25) is 0 Å². The fourth-order valence-corrected chi connectivity index (χ4v) is 3.35. The average molecular weight is 265 g/mol. The topological polar surface area (TPSA) is 115 Å². The van der Waals surface area contributed by atoms with E-state index >= 15 is 0 Å². The zero-order valence-electron chi connectivity index (χ0n) is 8.47. The van der Waals surface area contributed by atoms with Crippen molar-refractivity contribution in [3.05, 3.63) is 16.2 Å². The van der Waals surface area contributed by atoms with Gasteiger partial charge in [-0.25, -0.2) is 13.1 Å². The molecule has 0 spiro atoms. The van der Waals surface area contributed by atoms with Gasteiger partial charge in [0.25, 0.3) is 0 Å². The Labute approximate surface area is 96.5 Å². The molecular weight excluding hydrogens is 254 g/mol. The molecule has 0 unspecified atom stereocenters. The molecule has 1 aromatic heterocycles. The maximum Gasteiger partial charge on any atom is 0.304 e. The number of rotatable bonds is 5. The largest absolute Gasteiger partial charge is 0.385 e. The van der Waals surface area contributed by atoms with E-state index in [1.807, 2.05) is 6.92 Å². The zero-order valence-corrected chi connectivity index (χ0v) is 10.1. The lowest BCUT2D eigenvalue weighted by Gasteiger charge is -2.00. The summed E-state index contributed by atoms with van der Waals surface area (Å²) >= 11 is 0.686. The summed E-state index contributed by atoms with van der Waals surface area (Å²) in [5.41, 5.74) is 4.98. The lowest BCUT2D eigenvalue weighted by Crippen LogP contribution is -2.23. The van der Waals surface area contributed by atoms with Crippen molar-refractivity contribution < 1.29 is 13.3 Å². The fraction of sp³-hybridized carbons (Fsp3) is 0.429. The van der Waals surface area contributed by atoms with E-state index < -0.39 is 14.9 Å². The van der Waals surface area contributed by atoms with Gasteiger partial charge in [0.05, 0.1) is 4.92 Å². The molecule has 3 N–H and O–H groups in total. The molecule has 0 aliphatic carbocycles. The van der Waals surface area contributed by atoms with E-state index in [1.54, 1.807) is 0 Å². The summed E-state index contributed by atoms with van der Waals surface area (Å²) in [6.07, 6.45) is 0.641. The quantitative estimate of drug-likeness (QED) is 0.607. The molecule has 0 saturated heterocycles. The molecule has 90 valence electrons. The van der Waals surface area contributed by atoms with E-state index in [0.29, 0.717) is 17.8 Å². The SMILES string of the molecule is CCCNS(=O)(=O)c1cc([N+](=O)[O-])c(N)s1. The number of nitro groups is 1. The zero-order chi connectivity index (χ0) is 12.3. The number of thiophene rings is 1. The molecule has 0 amide bonds. The minimum absolute atomic E-state index is 0.109. The number of sulfonamides is 1. The van der Waals surface area contributed by atoms with Gasteiger partial charge >= 0.3 is 5.69 Å². The van der Waals surface area contributed by atoms with E-state index in [9.17, 15) is 18.5 Å². The Balaban J connectivity index is 3.06. The molecule has 1 rings (SSSR count). The molecule has 9 heteroatoms. The van der Waals surface area contributed by atoms with Crippen LogP contribution in [0.15, 0.2) is 10.3 Å². The number of nitrogens with two attached hydrogens (primary N) is 1. The molecule has 0 fully saturated rings. The molecule has 16 heavy (non-hydrogen) atoms. The summed E-state index contributed by atoms with van der Waals surface area (Å²) in [6.45, 7) is 2.10. The Bertz CT molecular complexity index is 494. The predicted molar refractivity (Wildman–Crippen MR) is 60.9 cm³/mol. The van der Waals surface area contributed by atoms with Gasteiger partial charge in [-0.1, -0.05) is 18.3 Å². The Morgan fingerprint density at radius 1 is 1.62 bits per heavy atom. The lowest BCUT2D eigenvalue weighted by atomic mass is 10.5. The molecule has 0 atom stereocenters. The Morgan fingerprint density at radius 2 is 2.25 bits per heavy atom.